The van der Waals surface area contributed by atoms with Crippen molar-refractivity contribution in [2.24, 2.45) is 16.2 Å². The summed E-state index contributed by atoms with van der Waals surface area (Å²) in [6.07, 6.45) is 0.896. The van der Waals surface area contributed by atoms with Crippen molar-refractivity contribution in [2.45, 2.75) is 66.9 Å². The molecule has 3 rings (SSSR count). The van der Waals surface area contributed by atoms with E-state index in [0.717, 1.165) is 0 Å². The first kappa shape index (κ1) is 24.8. The summed E-state index contributed by atoms with van der Waals surface area (Å²) < 4.78 is 22.9. The van der Waals surface area contributed by atoms with Gasteiger partial charge >= 0.3 is 17.9 Å². The predicted molar refractivity (Wildman–Crippen MR) is 121 cm³/mol. The van der Waals surface area contributed by atoms with Crippen molar-refractivity contribution in [3.05, 3.63) is 41.7 Å². The molecule has 2 aliphatic rings. The Bertz CT molecular complexity index is 1000. The SMILES string of the molecule is CCOC(=O)C(C)(C)C1=C[C@]2(c3ccccc3O1)[C@@H](C(C)(C)C(=O)OCC)OC(=O)C2(C)C. The molecule has 0 N–H and O–H groups in total. The Morgan fingerprint density at radius 3 is 2.18 bits per heavy atom. The Morgan fingerprint density at radius 2 is 1.58 bits per heavy atom. The van der Waals surface area contributed by atoms with Gasteiger partial charge in [0.25, 0.3) is 0 Å². The van der Waals surface area contributed by atoms with E-state index in [0.29, 0.717) is 17.1 Å². The highest BCUT2D eigenvalue weighted by atomic mass is 16.6. The van der Waals surface area contributed by atoms with Gasteiger partial charge in [-0.2, -0.15) is 0 Å². The third-order valence-corrected chi connectivity index (χ3v) is 6.95. The topological polar surface area (TPSA) is 88.1 Å². The lowest BCUT2D eigenvalue weighted by atomic mass is 9.54. The normalized spacial score (nSPS) is 23.8. The molecular formula is C26H34O7. The average Bonchev–Trinajstić information content (AvgIpc) is 2.95. The highest BCUT2D eigenvalue weighted by Crippen LogP contribution is 2.61. The third-order valence-electron chi connectivity index (χ3n) is 6.95. The van der Waals surface area contributed by atoms with Gasteiger partial charge in [0, 0.05) is 5.56 Å². The molecule has 0 saturated carbocycles. The quantitative estimate of drug-likeness (QED) is 0.463. The van der Waals surface area contributed by atoms with Crippen LogP contribution in [0.15, 0.2) is 36.1 Å². The molecule has 0 unspecified atom stereocenters. The zero-order valence-corrected chi connectivity index (χ0v) is 20.7. The molecule has 180 valence electrons. The molecule has 33 heavy (non-hydrogen) atoms. The maximum Gasteiger partial charge on any atom is 0.319 e. The number of hydrogen-bond acceptors (Lipinski definition) is 7. The van der Waals surface area contributed by atoms with E-state index < -0.39 is 45.7 Å². The molecule has 2 aliphatic heterocycles. The second-order valence-electron chi connectivity index (χ2n) is 10.2. The molecule has 7 heteroatoms. The first-order valence-electron chi connectivity index (χ1n) is 11.3. The molecule has 2 atom stereocenters. The van der Waals surface area contributed by atoms with E-state index in [1.165, 1.54) is 0 Å². The van der Waals surface area contributed by atoms with Crippen LogP contribution in [0.4, 0.5) is 0 Å². The van der Waals surface area contributed by atoms with Crippen LogP contribution in [0, 0.1) is 16.2 Å². The fourth-order valence-corrected chi connectivity index (χ4v) is 4.77. The lowest BCUT2D eigenvalue weighted by Crippen LogP contribution is -2.55. The van der Waals surface area contributed by atoms with Gasteiger partial charge in [-0.05, 0) is 67.5 Å². The van der Waals surface area contributed by atoms with Crippen molar-refractivity contribution in [2.75, 3.05) is 13.2 Å². The van der Waals surface area contributed by atoms with Crippen LogP contribution in [0.5, 0.6) is 5.75 Å². The minimum atomic E-state index is -1.18. The van der Waals surface area contributed by atoms with Crippen LogP contribution in [-0.4, -0.2) is 37.2 Å². The summed E-state index contributed by atoms with van der Waals surface area (Å²) in [6.45, 7) is 14.4. The molecule has 0 radical (unpaired) electrons. The van der Waals surface area contributed by atoms with E-state index in [-0.39, 0.29) is 13.2 Å². The molecule has 0 amide bonds. The van der Waals surface area contributed by atoms with Gasteiger partial charge in [-0.25, -0.2) is 0 Å². The lowest BCUT2D eigenvalue weighted by Gasteiger charge is -2.47. The third kappa shape index (κ3) is 3.52. The van der Waals surface area contributed by atoms with Crippen LogP contribution in [0.3, 0.4) is 0 Å². The van der Waals surface area contributed by atoms with E-state index in [1.54, 1.807) is 67.5 Å². The highest BCUT2D eigenvalue weighted by Gasteiger charge is 2.69. The fourth-order valence-electron chi connectivity index (χ4n) is 4.77. The summed E-state index contributed by atoms with van der Waals surface area (Å²) in [5.74, 6) is -0.510. The zero-order chi connectivity index (χ0) is 24.8. The maximum absolute atomic E-state index is 13.3. The number of carbonyl (C=O) groups excluding carboxylic acids is 3. The second-order valence-corrected chi connectivity index (χ2v) is 10.2. The number of carbonyl (C=O) groups is 3. The Labute approximate surface area is 195 Å². The largest absolute Gasteiger partial charge is 0.465 e. The van der Waals surface area contributed by atoms with Gasteiger partial charge in [-0.1, -0.05) is 18.2 Å². The molecule has 1 fully saturated rings. The van der Waals surface area contributed by atoms with E-state index in [2.05, 4.69) is 0 Å². The molecule has 0 bridgehead atoms. The van der Waals surface area contributed by atoms with Crippen molar-refractivity contribution in [1.82, 2.24) is 0 Å². The van der Waals surface area contributed by atoms with Crippen molar-refractivity contribution < 1.29 is 33.3 Å². The number of para-hydroxylation sites is 1. The zero-order valence-electron chi connectivity index (χ0n) is 20.7. The van der Waals surface area contributed by atoms with Gasteiger partial charge in [-0.3, -0.25) is 14.4 Å². The summed E-state index contributed by atoms with van der Waals surface area (Å²) >= 11 is 0. The molecule has 7 nitrogen and oxygen atoms in total. The van der Waals surface area contributed by atoms with Crippen LogP contribution < -0.4 is 4.74 Å². The number of benzene rings is 1. The van der Waals surface area contributed by atoms with Gasteiger partial charge in [0.05, 0.1) is 24.0 Å². The first-order chi connectivity index (χ1) is 15.3. The number of rotatable bonds is 6. The van der Waals surface area contributed by atoms with Crippen LogP contribution in [0.1, 0.15) is 61.0 Å². The monoisotopic (exact) mass is 458 g/mol. The standard InChI is InChI=1S/C26H34O7/c1-9-30-20(27)23(3,4)18-15-26(16-13-11-12-14-17(16)32-18)19(33-22(29)25(26,7)8)24(5,6)21(28)31-10-2/h11-15,19H,9-10H2,1-8H3/t19-,26+/m1/s1. The van der Waals surface area contributed by atoms with Gasteiger partial charge in [0.15, 0.2) is 0 Å². The number of ether oxygens (including phenoxy) is 4. The summed E-state index contributed by atoms with van der Waals surface area (Å²) in [7, 11) is 0. The minimum absolute atomic E-state index is 0.204. The van der Waals surface area contributed by atoms with Crippen LogP contribution in [-0.2, 0) is 34.0 Å². The summed E-state index contributed by atoms with van der Waals surface area (Å²) in [4.78, 5) is 39.2. The van der Waals surface area contributed by atoms with E-state index in [1.807, 2.05) is 18.2 Å². The smallest absolute Gasteiger partial charge is 0.319 e. The van der Waals surface area contributed by atoms with Crippen LogP contribution in [0.2, 0.25) is 0 Å². The van der Waals surface area contributed by atoms with Gasteiger partial charge in [0.2, 0.25) is 0 Å². The summed E-state index contributed by atoms with van der Waals surface area (Å²) in [6, 6.07) is 7.34. The maximum atomic E-state index is 13.3. The Morgan fingerprint density at radius 1 is 1.00 bits per heavy atom. The van der Waals surface area contributed by atoms with Gasteiger partial charge in [-0.15, -0.1) is 0 Å². The first-order valence-corrected chi connectivity index (χ1v) is 11.3. The summed E-state index contributed by atoms with van der Waals surface area (Å²) in [5.41, 5.74) is -3.78. The molecule has 1 aromatic rings. The van der Waals surface area contributed by atoms with Crippen LogP contribution >= 0.6 is 0 Å². The average molecular weight is 459 g/mol. The molecule has 0 aliphatic carbocycles. The van der Waals surface area contributed by atoms with Gasteiger partial charge < -0.3 is 18.9 Å². The van der Waals surface area contributed by atoms with Crippen molar-refractivity contribution in [1.29, 1.82) is 0 Å². The molecule has 1 saturated heterocycles. The van der Waals surface area contributed by atoms with Gasteiger partial charge in [0.1, 0.15) is 28.4 Å². The van der Waals surface area contributed by atoms with Crippen LogP contribution in [0.25, 0.3) is 0 Å². The molecule has 2 heterocycles. The van der Waals surface area contributed by atoms with Crippen molar-refractivity contribution >= 4 is 17.9 Å². The lowest BCUT2D eigenvalue weighted by molar-refractivity contribution is -0.166. The highest BCUT2D eigenvalue weighted by molar-refractivity contribution is 5.87. The molecular weight excluding hydrogens is 424 g/mol. The fraction of sp³-hybridized carbons (Fsp3) is 0.577. The minimum Gasteiger partial charge on any atom is -0.465 e. The predicted octanol–water partition coefficient (Wildman–Crippen LogP) is 4.33. The Balaban J connectivity index is 2.34. The Kier molecular flexibility index (Phi) is 6.15. The van der Waals surface area contributed by atoms with E-state index in [9.17, 15) is 14.4 Å². The van der Waals surface area contributed by atoms with E-state index in [4.69, 9.17) is 18.9 Å². The number of fused-ring (bicyclic) bond motifs is 2. The van der Waals surface area contributed by atoms with Crippen molar-refractivity contribution in [3.63, 3.8) is 0 Å². The second kappa shape index (κ2) is 8.19. The molecule has 1 aromatic carbocycles. The Hall–Kier alpha value is -2.83. The van der Waals surface area contributed by atoms with Crippen molar-refractivity contribution in [3.8, 4) is 5.75 Å². The molecule has 0 aromatic heterocycles. The number of esters is 3. The number of hydrogen-bond donors (Lipinski definition) is 0. The van der Waals surface area contributed by atoms with E-state index >= 15 is 0 Å². The summed E-state index contributed by atoms with van der Waals surface area (Å²) in [5, 5.41) is 0. The molecule has 1 spiro atoms. The number of cyclic esters (lactones) is 1.